The summed E-state index contributed by atoms with van der Waals surface area (Å²) < 4.78 is 13.0. The highest BCUT2D eigenvalue weighted by Gasteiger charge is 2.11. The van der Waals surface area contributed by atoms with E-state index in [4.69, 9.17) is 10.8 Å². The zero-order chi connectivity index (χ0) is 15.8. The molecule has 1 aromatic rings. The largest absolute Gasteiger partial charge is 0.396 e. The molecular weight excluding hydrogens is 273 g/mol. The molecule has 0 aliphatic heterocycles. The summed E-state index contributed by atoms with van der Waals surface area (Å²) in [4.78, 5) is 14.0. The molecular formula is C15H24FN3O2. The number of carbonyl (C=O) groups is 1. The summed E-state index contributed by atoms with van der Waals surface area (Å²) in [5.41, 5.74) is 5.96. The number of nitrogens with two attached hydrogens (primary N) is 1. The standard InChI is InChI=1S/C15H24FN3O2/c1-11(2)19(7-3-9-20)8-6-15(21)18-12-4-5-13(16)14(17)10-12/h4-5,10-11,20H,3,6-9,17H2,1-2H3,(H,18,21). The third-order valence-corrected chi connectivity index (χ3v) is 3.24. The van der Waals surface area contributed by atoms with Crippen molar-refractivity contribution >= 4 is 17.3 Å². The Bertz CT molecular complexity index is 466. The van der Waals surface area contributed by atoms with Gasteiger partial charge in [0.2, 0.25) is 5.91 Å². The Morgan fingerprint density at radius 3 is 2.71 bits per heavy atom. The number of nitrogen functional groups attached to an aromatic ring is 1. The van der Waals surface area contributed by atoms with Crippen LogP contribution in [-0.2, 0) is 4.79 Å². The van der Waals surface area contributed by atoms with Crippen molar-refractivity contribution in [1.82, 2.24) is 4.90 Å². The fourth-order valence-electron chi connectivity index (χ4n) is 1.99. The van der Waals surface area contributed by atoms with Crippen LogP contribution in [0.2, 0.25) is 0 Å². The van der Waals surface area contributed by atoms with E-state index in [1.807, 2.05) is 0 Å². The van der Waals surface area contributed by atoms with Gasteiger partial charge in [-0.05, 0) is 38.5 Å². The normalized spacial score (nSPS) is 11.1. The van der Waals surface area contributed by atoms with Gasteiger partial charge in [-0.3, -0.25) is 4.79 Å². The minimum absolute atomic E-state index is 0.0135. The van der Waals surface area contributed by atoms with Gasteiger partial charge in [-0.15, -0.1) is 0 Å². The van der Waals surface area contributed by atoms with Crippen LogP contribution in [0.1, 0.15) is 26.7 Å². The second-order valence-corrected chi connectivity index (χ2v) is 5.24. The molecule has 0 aliphatic carbocycles. The van der Waals surface area contributed by atoms with Gasteiger partial charge in [-0.25, -0.2) is 4.39 Å². The first-order valence-corrected chi connectivity index (χ1v) is 7.13. The van der Waals surface area contributed by atoms with Crippen molar-refractivity contribution in [2.75, 3.05) is 30.7 Å². The molecule has 6 heteroatoms. The average Bonchev–Trinajstić information content (AvgIpc) is 2.42. The van der Waals surface area contributed by atoms with Crippen molar-refractivity contribution in [1.29, 1.82) is 0 Å². The zero-order valence-electron chi connectivity index (χ0n) is 12.6. The van der Waals surface area contributed by atoms with Crippen LogP contribution < -0.4 is 11.1 Å². The molecule has 0 atom stereocenters. The molecule has 0 aromatic heterocycles. The van der Waals surface area contributed by atoms with Crippen LogP contribution in [0, 0.1) is 5.82 Å². The molecule has 0 spiro atoms. The van der Waals surface area contributed by atoms with Crippen molar-refractivity contribution in [3.63, 3.8) is 0 Å². The number of amides is 1. The molecule has 1 aromatic carbocycles. The minimum Gasteiger partial charge on any atom is -0.396 e. The molecule has 0 fully saturated rings. The lowest BCUT2D eigenvalue weighted by Crippen LogP contribution is -2.35. The summed E-state index contributed by atoms with van der Waals surface area (Å²) in [6, 6.07) is 4.42. The lowest BCUT2D eigenvalue weighted by Gasteiger charge is -2.25. The van der Waals surface area contributed by atoms with Crippen LogP contribution in [-0.4, -0.2) is 41.7 Å². The summed E-state index contributed by atoms with van der Waals surface area (Å²) in [7, 11) is 0. The lowest BCUT2D eigenvalue weighted by molar-refractivity contribution is -0.116. The fraction of sp³-hybridized carbons (Fsp3) is 0.533. The number of carbonyl (C=O) groups excluding carboxylic acids is 1. The van der Waals surface area contributed by atoms with Crippen molar-refractivity contribution in [2.45, 2.75) is 32.7 Å². The molecule has 1 amide bonds. The number of hydrogen-bond donors (Lipinski definition) is 3. The first kappa shape index (κ1) is 17.4. The Morgan fingerprint density at radius 1 is 1.43 bits per heavy atom. The second-order valence-electron chi connectivity index (χ2n) is 5.24. The third kappa shape index (κ3) is 6.10. The summed E-state index contributed by atoms with van der Waals surface area (Å²) in [5.74, 6) is -0.640. The number of halogens is 1. The Hall–Kier alpha value is -1.66. The van der Waals surface area contributed by atoms with Gasteiger partial charge in [0.25, 0.3) is 0 Å². The summed E-state index contributed by atoms with van der Waals surface area (Å²) >= 11 is 0. The van der Waals surface area contributed by atoms with E-state index in [2.05, 4.69) is 24.1 Å². The second kappa shape index (κ2) is 8.59. The fourth-order valence-corrected chi connectivity index (χ4v) is 1.99. The predicted octanol–water partition coefficient (Wildman–Crippen LogP) is 1.83. The van der Waals surface area contributed by atoms with Gasteiger partial charge in [0.05, 0.1) is 5.69 Å². The van der Waals surface area contributed by atoms with Crippen LogP contribution in [0.15, 0.2) is 18.2 Å². The molecule has 4 N–H and O–H groups in total. The number of benzene rings is 1. The molecule has 0 saturated carbocycles. The number of hydrogen-bond acceptors (Lipinski definition) is 4. The van der Waals surface area contributed by atoms with E-state index < -0.39 is 5.82 Å². The maximum absolute atomic E-state index is 13.0. The summed E-state index contributed by atoms with van der Waals surface area (Å²) in [6.07, 6.45) is 1.02. The lowest BCUT2D eigenvalue weighted by atomic mass is 10.2. The smallest absolute Gasteiger partial charge is 0.225 e. The topological polar surface area (TPSA) is 78.6 Å². The molecule has 0 heterocycles. The van der Waals surface area contributed by atoms with Crippen molar-refractivity contribution in [3.8, 4) is 0 Å². The van der Waals surface area contributed by atoms with E-state index in [0.717, 1.165) is 6.54 Å². The average molecular weight is 297 g/mol. The van der Waals surface area contributed by atoms with Crippen LogP contribution in [0.5, 0.6) is 0 Å². The Labute approximate surface area is 124 Å². The third-order valence-electron chi connectivity index (χ3n) is 3.24. The molecule has 0 radical (unpaired) electrons. The number of anilines is 2. The molecule has 1 rings (SSSR count). The van der Waals surface area contributed by atoms with Gasteiger partial charge < -0.3 is 21.1 Å². The Morgan fingerprint density at radius 2 is 2.14 bits per heavy atom. The number of nitrogens with zero attached hydrogens (tertiary/aromatic N) is 1. The predicted molar refractivity (Wildman–Crippen MR) is 82.5 cm³/mol. The van der Waals surface area contributed by atoms with Crippen LogP contribution in [0.4, 0.5) is 15.8 Å². The zero-order valence-corrected chi connectivity index (χ0v) is 12.6. The molecule has 0 aliphatic rings. The maximum atomic E-state index is 13.0. The first-order valence-electron chi connectivity index (χ1n) is 7.13. The van der Waals surface area contributed by atoms with Gasteiger partial charge in [0, 0.05) is 37.8 Å². The number of rotatable bonds is 8. The van der Waals surface area contributed by atoms with Gasteiger partial charge in [0.15, 0.2) is 0 Å². The number of aliphatic hydroxyl groups excluding tert-OH is 1. The number of nitrogens with one attached hydrogen (secondary N) is 1. The maximum Gasteiger partial charge on any atom is 0.225 e. The molecule has 118 valence electrons. The number of aliphatic hydroxyl groups is 1. The van der Waals surface area contributed by atoms with Crippen molar-refractivity contribution in [3.05, 3.63) is 24.0 Å². The van der Waals surface area contributed by atoms with Crippen LogP contribution in [0.3, 0.4) is 0 Å². The summed E-state index contributed by atoms with van der Waals surface area (Å²) in [6.45, 7) is 5.61. The van der Waals surface area contributed by atoms with Crippen molar-refractivity contribution in [2.24, 2.45) is 0 Å². The molecule has 0 bridgehead atoms. The molecule has 21 heavy (non-hydrogen) atoms. The monoisotopic (exact) mass is 297 g/mol. The van der Waals surface area contributed by atoms with Gasteiger partial charge in [-0.2, -0.15) is 0 Å². The quantitative estimate of drug-likeness (QED) is 0.640. The van der Waals surface area contributed by atoms with E-state index in [0.29, 0.717) is 31.1 Å². The van der Waals surface area contributed by atoms with E-state index in [1.165, 1.54) is 18.2 Å². The van der Waals surface area contributed by atoms with Crippen molar-refractivity contribution < 1.29 is 14.3 Å². The minimum atomic E-state index is -0.497. The SMILES string of the molecule is CC(C)N(CCCO)CCC(=O)Nc1ccc(F)c(N)c1. The van der Waals surface area contributed by atoms with E-state index >= 15 is 0 Å². The van der Waals surface area contributed by atoms with Gasteiger partial charge in [-0.1, -0.05) is 0 Å². The highest BCUT2D eigenvalue weighted by atomic mass is 19.1. The Kier molecular flexibility index (Phi) is 7.11. The van der Waals surface area contributed by atoms with E-state index in [1.54, 1.807) is 0 Å². The van der Waals surface area contributed by atoms with Gasteiger partial charge in [0.1, 0.15) is 5.82 Å². The van der Waals surface area contributed by atoms with Crippen LogP contribution in [0.25, 0.3) is 0 Å². The van der Waals surface area contributed by atoms with Gasteiger partial charge >= 0.3 is 0 Å². The Balaban J connectivity index is 2.46. The highest BCUT2D eigenvalue weighted by molar-refractivity contribution is 5.91. The molecule has 5 nitrogen and oxygen atoms in total. The summed E-state index contributed by atoms with van der Waals surface area (Å²) in [5, 5.41) is 11.6. The first-order chi connectivity index (χ1) is 9.93. The van der Waals surface area contributed by atoms with Crippen LogP contribution >= 0.6 is 0 Å². The van der Waals surface area contributed by atoms with E-state index in [-0.39, 0.29) is 18.2 Å². The highest BCUT2D eigenvalue weighted by Crippen LogP contribution is 2.16. The molecule has 0 unspecified atom stereocenters. The molecule has 0 saturated heterocycles. The van der Waals surface area contributed by atoms with E-state index in [9.17, 15) is 9.18 Å².